The number of ether oxygens (including phenoxy) is 1. The van der Waals surface area contributed by atoms with E-state index in [1.165, 1.54) is 0 Å². The highest BCUT2D eigenvalue weighted by Crippen LogP contribution is 2.24. The lowest BCUT2D eigenvalue weighted by atomic mass is 9.94. The summed E-state index contributed by atoms with van der Waals surface area (Å²) in [7, 11) is 0. The summed E-state index contributed by atoms with van der Waals surface area (Å²) >= 11 is 0. The van der Waals surface area contributed by atoms with Gasteiger partial charge in [0.1, 0.15) is 6.61 Å². The van der Waals surface area contributed by atoms with Gasteiger partial charge in [-0.15, -0.1) is 6.58 Å². The van der Waals surface area contributed by atoms with Crippen LogP contribution in [0, 0.1) is 5.92 Å². The quantitative estimate of drug-likeness (QED) is 0.694. The van der Waals surface area contributed by atoms with Crippen LogP contribution in [0.15, 0.2) is 79.4 Å². The predicted octanol–water partition coefficient (Wildman–Crippen LogP) is 3.84. The van der Waals surface area contributed by atoms with Crippen molar-refractivity contribution in [1.82, 2.24) is 4.90 Å². The maximum atomic E-state index is 13.2. The van der Waals surface area contributed by atoms with Crippen LogP contribution in [-0.2, 0) is 16.0 Å². The van der Waals surface area contributed by atoms with Crippen LogP contribution in [0.1, 0.15) is 17.5 Å². The Kier molecular flexibility index (Phi) is 6.98. The van der Waals surface area contributed by atoms with E-state index < -0.39 is 30.1 Å². The minimum Gasteiger partial charge on any atom is -0.447 e. The van der Waals surface area contributed by atoms with E-state index in [4.69, 9.17) is 4.74 Å². The van der Waals surface area contributed by atoms with Crippen LogP contribution in [-0.4, -0.2) is 40.8 Å². The van der Waals surface area contributed by atoms with E-state index in [9.17, 15) is 14.7 Å². The van der Waals surface area contributed by atoms with Crippen molar-refractivity contribution in [2.24, 2.45) is 5.92 Å². The summed E-state index contributed by atoms with van der Waals surface area (Å²) < 4.78 is 5.15. The van der Waals surface area contributed by atoms with Crippen molar-refractivity contribution >= 4 is 18.1 Å². The lowest BCUT2D eigenvalue weighted by Gasteiger charge is -2.26. The third-order valence-corrected chi connectivity index (χ3v) is 4.95. The first-order chi connectivity index (χ1) is 14.1. The van der Waals surface area contributed by atoms with E-state index in [1.807, 2.05) is 60.7 Å². The highest BCUT2D eigenvalue weighted by Gasteiger charge is 2.41. The van der Waals surface area contributed by atoms with Crippen LogP contribution in [0.3, 0.4) is 0 Å². The fourth-order valence-electron chi connectivity index (χ4n) is 3.42. The predicted molar refractivity (Wildman–Crippen MR) is 112 cm³/mol. The van der Waals surface area contributed by atoms with Crippen molar-refractivity contribution in [2.45, 2.75) is 25.0 Å². The minimum atomic E-state index is -1.05. The lowest BCUT2D eigenvalue weighted by Crippen LogP contribution is -2.46. The summed E-state index contributed by atoms with van der Waals surface area (Å²) in [6.07, 6.45) is 3.97. The van der Waals surface area contributed by atoms with Gasteiger partial charge in [-0.05, 0) is 24.0 Å². The molecule has 1 heterocycles. The molecule has 2 aromatic carbocycles. The van der Waals surface area contributed by atoms with E-state index in [0.717, 1.165) is 16.0 Å². The van der Waals surface area contributed by atoms with Crippen LogP contribution in [0.2, 0.25) is 0 Å². The number of benzene rings is 2. The number of carbonyl (C=O) groups is 2. The molecule has 0 aliphatic carbocycles. The first kappa shape index (κ1) is 20.6. The molecule has 1 N–H and O–H groups in total. The second kappa shape index (κ2) is 9.85. The molecule has 1 aliphatic heterocycles. The van der Waals surface area contributed by atoms with E-state index in [0.29, 0.717) is 6.42 Å². The van der Waals surface area contributed by atoms with Gasteiger partial charge in [-0.25, -0.2) is 9.69 Å². The molecule has 3 atom stereocenters. The molecule has 2 aromatic rings. The van der Waals surface area contributed by atoms with Crippen molar-refractivity contribution in [2.75, 3.05) is 6.61 Å². The second-order valence-corrected chi connectivity index (χ2v) is 7.02. The number of rotatable bonds is 8. The van der Waals surface area contributed by atoms with E-state index in [2.05, 4.69) is 6.58 Å². The zero-order valence-electron chi connectivity index (χ0n) is 16.2. The largest absolute Gasteiger partial charge is 0.447 e. The summed E-state index contributed by atoms with van der Waals surface area (Å²) in [5.41, 5.74) is 1.93. The SMILES string of the molecule is C=CC[C@@H](C(=O)N1C(=O)OC[C@@H]1Cc1ccccc1)[C@H](O)C=Cc1ccccc1. The molecule has 0 spiro atoms. The maximum Gasteiger partial charge on any atom is 0.416 e. The third kappa shape index (κ3) is 5.21. The van der Waals surface area contributed by atoms with Gasteiger partial charge in [0.25, 0.3) is 0 Å². The zero-order valence-corrected chi connectivity index (χ0v) is 16.2. The van der Waals surface area contributed by atoms with Gasteiger partial charge in [0, 0.05) is 0 Å². The smallest absolute Gasteiger partial charge is 0.416 e. The third-order valence-electron chi connectivity index (χ3n) is 4.95. The Morgan fingerprint density at radius 1 is 1.17 bits per heavy atom. The number of imide groups is 1. The summed E-state index contributed by atoms with van der Waals surface area (Å²) in [6.45, 7) is 3.84. The Labute approximate surface area is 170 Å². The van der Waals surface area contributed by atoms with Gasteiger partial charge in [0.05, 0.1) is 18.1 Å². The highest BCUT2D eigenvalue weighted by atomic mass is 16.6. The Morgan fingerprint density at radius 3 is 2.48 bits per heavy atom. The first-order valence-corrected chi connectivity index (χ1v) is 9.66. The molecule has 1 aliphatic rings. The van der Waals surface area contributed by atoms with Crippen LogP contribution in [0.4, 0.5) is 4.79 Å². The number of cyclic esters (lactones) is 1. The number of allylic oxidation sites excluding steroid dienone is 1. The Morgan fingerprint density at radius 2 is 1.83 bits per heavy atom. The molecule has 1 fully saturated rings. The topological polar surface area (TPSA) is 66.8 Å². The molecule has 0 saturated carbocycles. The van der Waals surface area contributed by atoms with E-state index in [-0.39, 0.29) is 13.0 Å². The molecule has 5 heteroatoms. The van der Waals surface area contributed by atoms with Crippen molar-refractivity contribution in [3.05, 3.63) is 90.5 Å². The summed E-state index contributed by atoms with van der Waals surface area (Å²) in [5.74, 6) is -1.25. The van der Waals surface area contributed by atoms with E-state index >= 15 is 0 Å². The fraction of sp³-hybridized carbons (Fsp3) is 0.250. The molecule has 3 rings (SSSR count). The fourth-order valence-corrected chi connectivity index (χ4v) is 3.42. The first-order valence-electron chi connectivity index (χ1n) is 9.66. The van der Waals surface area contributed by atoms with Gasteiger partial charge in [0.2, 0.25) is 5.91 Å². The van der Waals surface area contributed by atoms with Crippen molar-refractivity contribution < 1.29 is 19.4 Å². The molecule has 29 heavy (non-hydrogen) atoms. The average Bonchev–Trinajstić information content (AvgIpc) is 3.11. The normalized spacial score (nSPS) is 18.4. The summed E-state index contributed by atoms with van der Waals surface area (Å²) in [5, 5.41) is 10.7. The number of hydrogen-bond donors (Lipinski definition) is 1. The maximum absolute atomic E-state index is 13.2. The van der Waals surface area contributed by atoms with Crippen molar-refractivity contribution in [1.29, 1.82) is 0 Å². The van der Waals surface area contributed by atoms with Crippen LogP contribution in [0.25, 0.3) is 6.08 Å². The Bertz CT molecular complexity index is 863. The molecule has 2 amide bonds. The Hall–Kier alpha value is -3.18. The van der Waals surface area contributed by atoms with E-state index in [1.54, 1.807) is 18.2 Å². The van der Waals surface area contributed by atoms with Crippen molar-refractivity contribution in [3.8, 4) is 0 Å². The van der Waals surface area contributed by atoms with Crippen molar-refractivity contribution in [3.63, 3.8) is 0 Å². The van der Waals surface area contributed by atoms with Crippen LogP contribution >= 0.6 is 0 Å². The standard InChI is InChI=1S/C24H25NO4/c1-2-9-21(22(26)15-14-18-10-5-3-6-11-18)23(27)25-20(17-29-24(25)28)16-19-12-7-4-8-13-19/h2-8,10-15,20-22,26H,1,9,16-17H2/t20-,21+,22+/m0/s1. The summed E-state index contributed by atoms with van der Waals surface area (Å²) in [6, 6.07) is 18.8. The number of carbonyl (C=O) groups excluding carboxylic acids is 2. The molecule has 0 aromatic heterocycles. The zero-order chi connectivity index (χ0) is 20.6. The van der Waals surface area contributed by atoms with Crippen LogP contribution < -0.4 is 0 Å². The number of aliphatic hydroxyl groups excluding tert-OH is 1. The van der Waals surface area contributed by atoms with Gasteiger partial charge in [-0.2, -0.15) is 0 Å². The molecule has 0 radical (unpaired) electrons. The molecule has 150 valence electrons. The average molecular weight is 391 g/mol. The highest BCUT2D eigenvalue weighted by molar-refractivity contribution is 5.95. The molecule has 0 unspecified atom stereocenters. The molecular formula is C24H25NO4. The second-order valence-electron chi connectivity index (χ2n) is 7.02. The van der Waals surface area contributed by atoms with Crippen LogP contribution in [0.5, 0.6) is 0 Å². The van der Waals surface area contributed by atoms with Gasteiger partial charge >= 0.3 is 6.09 Å². The minimum absolute atomic E-state index is 0.149. The van der Waals surface area contributed by atoms with Gasteiger partial charge in [-0.3, -0.25) is 4.79 Å². The molecule has 1 saturated heterocycles. The lowest BCUT2D eigenvalue weighted by molar-refractivity contribution is -0.136. The van der Waals surface area contributed by atoms with Gasteiger partial charge in [0.15, 0.2) is 0 Å². The number of hydrogen-bond acceptors (Lipinski definition) is 4. The molecular weight excluding hydrogens is 366 g/mol. The molecule has 5 nitrogen and oxygen atoms in total. The van der Waals surface area contributed by atoms with Gasteiger partial charge in [-0.1, -0.05) is 78.9 Å². The Balaban J connectivity index is 1.76. The number of aliphatic hydroxyl groups is 1. The monoisotopic (exact) mass is 391 g/mol. The van der Waals surface area contributed by atoms with Gasteiger partial charge < -0.3 is 9.84 Å². The summed E-state index contributed by atoms with van der Waals surface area (Å²) in [4.78, 5) is 26.6. The molecule has 0 bridgehead atoms. The number of nitrogens with zero attached hydrogens (tertiary/aromatic N) is 1. The number of amides is 2.